The fourth-order valence-electron chi connectivity index (χ4n) is 2.44. The Morgan fingerprint density at radius 1 is 1.13 bits per heavy atom. The van der Waals surface area contributed by atoms with E-state index < -0.39 is 0 Å². The average molecular weight is 350 g/mol. The lowest BCUT2D eigenvalue weighted by Crippen LogP contribution is -2.28. The lowest BCUT2D eigenvalue weighted by atomic mass is 10.3. The highest BCUT2D eigenvalue weighted by Gasteiger charge is 2.14. The standard InChI is InChI=1S/C16H13Cl2N3O2/c1-20-13-4-2-3-5-14(13)21(16(20)23)9-15(22)19-12-7-6-10(17)8-11(12)18/h2-8H,9H2,1H3,(H,19,22). The molecular weight excluding hydrogens is 337 g/mol. The number of imidazole rings is 1. The highest BCUT2D eigenvalue weighted by atomic mass is 35.5. The average Bonchev–Trinajstić information content (AvgIpc) is 2.76. The van der Waals surface area contributed by atoms with Crippen LogP contribution in [0.2, 0.25) is 10.0 Å². The number of carbonyl (C=O) groups excluding carboxylic acids is 1. The molecule has 0 aliphatic carbocycles. The topological polar surface area (TPSA) is 56.0 Å². The molecule has 0 atom stereocenters. The Kier molecular flexibility index (Phi) is 4.15. The largest absolute Gasteiger partial charge is 0.329 e. The molecule has 0 radical (unpaired) electrons. The molecule has 0 bridgehead atoms. The van der Waals surface area contributed by atoms with Crippen molar-refractivity contribution in [3.8, 4) is 0 Å². The van der Waals surface area contributed by atoms with E-state index in [0.29, 0.717) is 21.2 Å². The molecule has 0 aliphatic rings. The van der Waals surface area contributed by atoms with Gasteiger partial charge < -0.3 is 5.32 Å². The summed E-state index contributed by atoms with van der Waals surface area (Å²) in [6.45, 7) is -0.0981. The highest BCUT2D eigenvalue weighted by molar-refractivity contribution is 6.36. The second kappa shape index (κ2) is 6.10. The Morgan fingerprint density at radius 3 is 2.52 bits per heavy atom. The number of hydrogen-bond donors (Lipinski definition) is 1. The van der Waals surface area contributed by atoms with Crippen LogP contribution in [0.25, 0.3) is 11.0 Å². The number of rotatable bonds is 3. The maximum atomic E-state index is 12.3. The number of aryl methyl sites for hydroxylation is 1. The molecule has 0 unspecified atom stereocenters. The van der Waals surface area contributed by atoms with E-state index in [4.69, 9.17) is 23.2 Å². The SMILES string of the molecule is Cn1c(=O)n(CC(=O)Nc2ccc(Cl)cc2Cl)c2ccccc21. The summed E-state index contributed by atoms with van der Waals surface area (Å²) in [5, 5.41) is 3.52. The van der Waals surface area contributed by atoms with Crippen LogP contribution < -0.4 is 11.0 Å². The Bertz CT molecular complexity index is 960. The Balaban J connectivity index is 1.89. The van der Waals surface area contributed by atoms with Gasteiger partial charge in [-0.05, 0) is 30.3 Å². The lowest BCUT2D eigenvalue weighted by Gasteiger charge is -2.08. The number of anilines is 1. The van der Waals surface area contributed by atoms with Crippen LogP contribution in [0.5, 0.6) is 0 Å². The molecule has 3 rings (SSSR count). The van der Waals surface area contributed by atoms with Crippen LogP contribution in [0.4, 0.5) is 5.69 Å². The van der Waals surface area contributed by atoms with Gasteiger partial charge in [-0.2, -0.15) is 0 Å². The summed E-state index contributed by atoms with van der Waals surface area (Å²) in [4.78, 5) is 24.5. The van der Waals surface area contributed by atoms with Crippen molar-refractivity contribution in [3.05, 3.63) is 63.0 Å². The summed E-state index contributed by atoms with van der Waals surface area (Å²) in [5.41, 5.74) is 1.69. The fraction of sp³-hybridized carbons (Fsp3) is 0.125. The van der Waals surface area contributed by atoms with Crippen molar-refractivity contribution in [3.63, 3.8) is 0 Å². The summed E-state index contributed by atoms with van der Waals surface area (Å²) < 4.78 is 2.94. The molecular formula is C16H13Cl2N3O2. The Morgan fingerprint density at radius 2 is 1.83 bits per heavy atom. The molecule has 23 heavy (non-hydrogen) atoms. The Labute approximate surface area is 142 Å². The zero-order valence-corrected chi connectivity index (χ0v) is 13.7. The van der Waals surface area contributed by atoms with Crippen molar-refractivity contribution in [1.82, 2.24) is 9.13 Å². The van der Waals surface area contributed by atoms with E-state index in [1.807, 2.05) is 18.2 Å². The number of carbonyl (C=O) groups is 1. The first-order valence-corrected chi connectivity index (χ1v) is 7.62. The molecule has 3 aromatic rings. The van der Waals surface area contributed by atoms with E-state index in [-0.39, 0.29) is 18.1 Å². The second-order valence-electron chi connectivity index (χ2n) is 5.09. The van der Waals surface area contributed by atoms with E-state index in [9.17, 15) is 9.59 Å². The summed E-state index contributed by atoms with van der Waals surface area (Å²) in [6, 6.07) is 12.1. The molecule has 0 spiro atoms. The molecule has 0 saturated carbocycles. The van der Waals surface area contributed by atoms with Gasteiger partial charge in [-0.3, -0.25) is 13.9 Å². The molecule has 1 N–H and O–H groups in total. The molecule has 0 fully saturated rings. The normalized spacial score (nSPS) is 10.9. The van der Waals surface area contributed by atoms with Crippen LogP contribution in [-0.2, 0) is 18.4 Å². The first kappa shape index (κ1) is 15.6. The number of nitrogens with zero attached hydrogens (tertiary/aromatic N) is 2. The van der Waals surface area contributed by atoms with Gasteiger partial charge in [0.2, 0.25) is 5.91 Å². The summed E-state index contributed by atoms with van der Waals surface area (Å²) >= 11 is 11.9. The van der Waals surface area contributed by atoms with Crippen LogP contribution >= 0.6 is 23.2 Å². The summed E-state index contributed by atoms with van der Waals surface area (Å²) in [5.74, 6) is -0.340. The fourth-order valence-corrected chi connectivity index (χ4v) is 2.90. The molecule has 118 valence electrons. The first-order valence-electron chi connectivity index (χ1n) is 6.86. The van der Waals surface area contributed by atoms with E-state index in [0.717, 1.165) is 5.52 Å². The number of amides is 1. The zero-order chi connectivity index (χ0) is 16.6. The van der Waals surface area contributed by atoms with Crippen molar-refractivity contribution in [1.29, 1.82) is 0 Å². The van der Waals surface area contributed by atoms with Gasteiger partial charge in [-0.25, -0.2) is 4.79 Å². The van der Waals surface area contributed by atoms with Gasteiger partial charge in [-0.15, -0.1) is 0 Å². The number of benzene rings is 2. The number of halogens is 2. The lowest BCUT2D eigenvalue weighted by molar-refractivity contribution is -0.116. The van der Waals surface area contributed by atoms with Crippen molar-refractivity contribution < 1.29 is 4.79 Å². The minimum absolute atomic E-state index is 0.0981. The molecule has 1 heterocycles. The van der Waals surface area contributed by atoms with Crippen molar-refractivity contribution in [2.24, 2.45) is 7.05 Å². The van der Waals surface area contributed by atoms with E-state index in [1.165, 1.54) is 9.13 Å². The van der Waals surface area contributed by atoms with E-state index >= 15 is 0 Å². The molecule has 5 nitrogen and oxygen atoms in total. The maximum absolute atomic E-state index is 12.3. The number of fused-ring (bicyclic) bond motifs is 1. The predicted octanol–water partition coefficient (Wildman–Crippen LogP) is 3.29. The minimum atomic E-state index is -0.340. The van der Waals surface area contributed by atoms with Gasteiger partial charge in [-0.1, -0.05) is 35.3 Å². The van der Waals surface area contributed by atoms with Crippen LogP contribution in [0.15, 0.2) is 47.3 Å². The smallest absolute Gasteiger partial charge is 0.323 e. The molecule has 7 heteroatoms. The van der Waals surface area contributed by atoms with Gasteiger partial charge in [0.1, 0.15) is 6.54 Å². The van der Waals surface area contributed by atoms with Crippen molar-refractivity contribution >= 4 is 45.8 Å². The van der Waals surface area contributed by atoms with Crippen molar-refractivity contribution in [2.75, 3.05) is 5.32 Å². The number of aromatic nitrogens is 2. The van der Waals surface area contributed by atoms with Crippen LogP contribution in [0.1, 0.15) is 0 Å². The molecule has 0 saturated heterocycles. The van der Waals surface area contributed by atoms with Gasteiger partial charge in [0.05, 0.1) is 21.7 Å². The van der Waals surface area contributed by atoms with Crippen LogP contribution in [0, 0.1) is 0 Å². The first-order chi connectivity index (χ1) is 11.0. The predicted molar refractivity (Wildman–Crippen MR) is 92.3 cm³/mol. The van der Waals surface area contributed by atoms with E-state index in [2.05, 4.69) is 5.32 Å². The minimum Gasteiger partial charge on any atom is -0.323 e. The third-order valence-corrected chi connectivity index (χ3v) is 4.11. The number of hydrogen-bond acceptors (Lipinski definition) is 2. The van der Waals surface area contributed by atoms with Gasteiger partial charge in [0, 0.05) is 12.1 Å². The maximum Gasteiger partial charge on any atom is 0.329 e. The summed E-state index contributed by atoms with van der Waals surface area (Å²) in [6.07, 6.45) is 0. The number of nitrogens with one attached hydrogen (secondary N) is 1. The quantitative estimate of drug-likeness (QED) is 0.788. The van der Waals surface area contributed by atoms with Gasteiger partial charge >= 0.3 is 5.69 Å². The monoisotopic (exact) mass is 349 g/mol. The molecule has 0 aliphatic heterocycles. The van der Waals surface area contributed by atoms with Crippen molar-refractivity contribution in [2.45, 2.75) is 6.54 Å². The zero-order valence-electron chi connectivity index (χ0n) is 12.2. The second-order valence-corrected chi connectivity index (χ2v) is 5.93. The van der Waals surface area contributed by atoms with Crippen LogP contribution in [0.3, 0.4) is 0 Å². The van der Waals surface area contributed by atoms with Gasteiger partial charge in [0.15, 0.2) is 0 Å². The molecule has 2 aromatic carbocycles. The summed E-state index contributed by atoms with van der Waals surface area (Å²) in [7, 11) is 1.68. The van der Waals surface area contributed by atoms with Crippen LogP contribution in [-0.4, -0.2) is 15.0 Å². The molecule has 1 aromatic heterocycles. The molecule has 1 amide bonds. The number of para-hydroxylation sites is 2. The Hall–Kier alpha value is -2.24. The van der Waals surface area contributed by atoms with Gasteiger partial charge in [0.25, 0.3) is 0 Å². The third kappa shape index (κ3) is 2.98. The van der Waals surface area contributed by atoms with E-state index in [1.54, 1.807) is 31.3 Å². The third-order valence-electron chi connectivity index (χ3n) is 3.56. The highest BCUT2D eigenvalue weighted by Crippen LogP contribution is 2.25.